The quantitative estimate of drug-likeness (QED) is 0.884. The Labute approximate surface area is 114 Å². The molecule has 1 aliphatic heterocycles. The molecule has 1 aromatic rings. The molecular weight excluding hydrogens is 240 g/mol. The molecule has 2 aliphatic rings. The van der Waals surface area contributed by atoms with Crippen molar-refractivity contribution in [2.75, 3.05) is 31.7 Å². The van der Waals surface area contributed by atoms with Gasteiger partial charge in [0.05, 0.1) is 6.61 Å². The molecule has 2 heterocycles. The van der Waals surface area contributed by atoms with Crippen LogP contribution in [0.2, 0.25) is 0 Å². The molecule has 106 valence electrons. The summed E-state index contributed by atoms with van der Waals surface area (Å²) in [5, 5.41) is 0. The average molecular weight is 264 g/mol. The minimum absolute atomic E-state index is 0.381. The van der Waals surface area contributed by atoms with Crippen LogP contribution in [0.5, 0.6) is 0 Å². The maximum atomic E-state index is 6.28. The van der Waals surface area contributed by atoms with Crippen LogP contribution in [0, 0.1) is 11.8 Å². The summed E-state index contributed by atoms with van der Waals surface area (Å²) in [6.45, 7) is 3.77. The lowest BCUT2D eigenvalue weighted by atomic mass is 9.78. The monoisotopic (exact) mass is 264 g/mol. The standard InChI is InChI=1S/C14H24N4O/c1-19-8-7-17-6-5-16-14(17)18-9-11-3-2-4-13(15)12(11)10-18/h5-6,11-13H,2-4,7-10,15H2,1H3. The second kappa shape index (κ2) is 5.51. The molecule has 3 atom stereocenters. The van der Waals surface area contributed by atoms with Crippen LogP contribution >= 0.6 is 0 Å². The van der Waals surface area contributed by atoms with Gasteiger partial charge in [0, 0.05) is 45.2 Å². The molecule has 0 aromatic carbocycles. The fourth-order valence-electron chi connectivity index (χ4n) is 3.63. The van der Waals surface area contributed by atoms with Crippen LogP contribution in [-0.2, 0) is 11.3 Å². The molecule has 0 amide bonds. The van der Waals surface area contributed by atoms with E-state index in [1.54, 1.807) is 7.11 Å². The van der Waals surface area contributed by atoms with Gasteiger partial charge in [-0.25, -0.2) is 4.98 Å². The van der Waals surface area contributed by atoms with Gasteiger partial charge in [-0.15, -0.1) is 0 Å². The topological polar surface area (TPSA) is 56.3 Å². The highest BCUT2D eigenvalue weighted by Gasteiger charge is 2.39. The van der Waals surface area contributed by atoms with Crippen molar-refractivity contribution in [1.82, 2.24) is 9.55 Å². The van der Waals surface area contributed by atoms with Gasteiger partial charge in [0.2, 0.25) is 5.95 Å². The largest absolute Gasteiger partial charge is 0.383 e. The highest BCUT2D eigenvalue weighted by atomic mass is 16.5. The summed E-state index contributed by atoms with van der Waals surface area (Å²) in [5.41, 5.74) is 6.28. The number of imidazole rings is 1. The number of hydrogen-bond donors (Lipinski definition) is 1. The summed E-state index contributed by atoms with van der Waals surface area (Å²) >= 11 is 0. The fourth-order valence-corrected chi connectivity index (χ4v) is 3.63. The van der Waals surface area contributed by atoms with Gasteiger partial charge in [0.15, 0.2) is 0 Å². The van der Waals surface area contributed by atoms with Crippen LogP contribution in [0.15, 0.2) is 12.4 Å². The molecule has 0 bridgehead atoms. The van der Waals surface area contributed by atoms with Crippen molar-refractivity contribution in [3.05, 3.63) is 12.4 Å². The molecule has 0 radical (unpaired) electrons. The minimum atomic E-state index is 0.381. The third-order valence-corrected chi connectivity index (χ3v) is 4.67. The van der Waals surface area contributed by atoms with Gasteiger partial charge in [-0.2, -0.15) is 0 Å². The van der Waals surface area contributed by atoms with Crippen molar-refractivity contribution < 1.29 is 4.74 Å². The van der Waals surface area contributed by atoms with Crippen molar-refractivity contribution in [3.8, 4) is 0 Å². The number of fused-ring (bicyclic) bond motifs is 1. The molecule has 2 N–H and O–H groups in total. The Hall–Kier alpha value is -1.07. The summed E-state index contributed by atoms with van der Waals surface area (Å²) in [7, 11) is 1.74. The van der Waals surface area contributed by atoms with Crippen LogP contribution < -0.4 is 10.6 Å². The second-order valence-electron chi connectivity index (χ2n) is 5.84. The summed E-state index contributed by atoms with van der Waals surface area (Å²) in [4.78, 5) is 6.94. The van der Waals surface area contributed by atoms with Crippen LogP contribution in [0.25, 0.3) is 0 Å². The Morgan fingerprint density at radius 3 is 3.11 bits per heavy atom. The number of ether oxygens (including phenoxy) is 1. The Balaban J connectivity index is 1.72. The number of nitrogens with two attached hydrogens (primary N) is 1. The number of hydrogen-bond acceptors (Lipinski definition) is 4. The number of nitrogens with zero attached hydrogens (tertiary/aromatic N) is 3. The third-order valence-electron chi connectivity index (χ3n) is 4.67. The first kappa shape index (κ1) is 12.9. The van der Waals surface area contributed by atoms with Gasteiger partial charge < -0.3 is 19.9 Å². The van der Waals surface area contributed by atoms with Gasteiger partial charge >= 0.3 is 0 Å². The highest BCUT2D eigenvalue weighted by molar-refractivity contribution is 5.34. The van der Waals surface area contributed by atoms with Crippen LogP contribution in [0.3, 0.4) is 0 Å². The molecule has 3 rings (SSSR count). The first-order chi connectivity index (χ1) is 9.29. The summed E-state index contributed by atoms with van der Waals surface area (Å²) in [6, 6.07) is 0.381. The molecule has 1 aliphatic carbocycles. The van der Waals surface area contributed by atoms with Gasteiger partial charge in [-0.05, 0) is 24.7 Å². The summed E-state index contributed by atoms with van der Waals surface area (Å²) < 4.78 is 7.34. The first-order valence-electron chi connectivity index (χ1n) is 7.30. The zero-order valence-corrected chi connectivity index (χ0v) is 11.7. The molecule has 3 unspecified atom stereocenters. The van der Waals surface area contributed by atoms with E-state index in [2.05, 4.69) is 14.5 Å². The van der Waals surface area contributed by atoms with E-state index in [4.69, 9.17) is 10.5 Å². The summed E-state index contributed by atoms with van der Waals surface area (Å²) in [6.07, 6.45) is 7.72. The molecule has 19 heavy (non-hydrogen) atoms. The SMILES string of the molecule is COCCn1ccnc1N1CC2CCCC(N)C2C1. The fraction of sp³-hybridized carbons (Fsp3) is 0.786. The predicted molar refractivity (Wildman–Crippen MR) is 75.1 cm³/mol. The lowest BCUT2D eigenvalue weighted by molar-refractivity contribution is 0.187. The first-order valence-corrected chi connectivity index (χ1v) is 7.30. The van der Waals surface area contributed by atoms with Crippen LogP contribution in [0.1, 0.15) is 19.3 Å². The molecule has 2 fully saturated rings. The van der Waals surface area contributed by atoms with E-state index >= 15 is 0 Å². The Kier molecular flexibility index (Phi) is 3.75. The van der Waals surface area contributed by atoms with Crippen molar-refractivity contribution in [1.29, 1.82) is 0 Å². The Morgan fingerprint density at radius 2 is 2.32 bits per heavy atom. The molecular formula is C14H24N4O. The predicted octanol–water partition coefficient (Wildman–Crippen LogP) is 1.09. The minimum Gasteiger partial charge on any atom is -0.383 e. The second-order valence-corrected chi connectivity index (χ2v) is 5.84. The van der Waals surface area contributed by atoms with Crippen LogP contribution in [-0.4, -0.2) is 42.4 Å². The maximum Gasteiger partial charge on any atom is 0.205 e. The number of anilines is 1. The lowest BCUT2D eigenvalue weighted by Crippen LogP contribution is -2.38. The number of methoxy groups -OCH3 is 1. The molecule has 5 nitrogen and oxygen atoms in total. The smallest absolute Gasteiger partial charge is 0.205 e. The van der Waals surface area contributed by atoms with Crippen LogP contribution in [0.4, 0.5) is 5.95 Å². The van der Waals surface area contributed by atoms with E-state index in [-0.39, 0.29) is 0 Å². The Bertz CT molecular complexity index is 419. The zero-order valence-electron chi connectivity index (χ0n) is 11.7. The molecule has 1 saturated heterocycles. The van der Waals surface area contributed by atoms with Gasteiger partial charge in [0.1, 0.15) is 0 Å². The van der Waals surface area contributed by atoms with Gasteiger partial charge in [-0.1, -0.05) is 6.42 Å². The van der Waals surface area contributed by atoms with E-state index in [1.165, 1.54) is 19.3 Å². The van der Waals surface area contributed by atoms with E-state index < -0.39 is 0 Å². The normalized spacial score (nSPS) is 30.6. The van der Waals surface area contributed by atoms with Crippen molar-refractivity contribution in [2.45, 2.75) is 31.8 Å². The number of aromatic nitrogens is 2. The molecule has 5 heteroatoms. The van der Waals surface area contributed by atoms with Gasteiger partial charge in [-0.3, -0.25) is 0 Å². The lowest BCUT2D eigenvalue weighted by Gasteiger charge is -2.29. The van der Waals surface area contributed by atoms with E-state index in [0.717, 1.165) is 38.1 Å². The highest BCUT2D eigenvalue weighted by Crippen LogP contribution is 2.37. The molecule has 0 spiro atoms. The van der Waals surface area contributed by atoms with E-state index in [1.807, 2.05) is 12.4 Å². The Morgan fingerprint density at radius 1 is 1.42 bits per heavy atom. The molecule has 1 saturated carbocycles. The molecule has 1 aromatic heterocycles. The van der Waals surface area contributed by atoms with Gasteiger partial charge in [0.25, 0.3) is 0 Å². The van der Waals surface area contributed by atoms with Crippen molar-refractivity contribution in [3.63, 3.8) is 0 Å². The van der Waals surface area contributed by atoms with Crippen molar-refractivity contribution >= 4 is 5.95 Å². The zero-order chi connectivity index (χ0) is 13.2. The van der Waals surface area contributed by atoms with E-state index in [9.17, 15) is 0 Å². The number of rotatable bonds is 4. The third kappa shape index (κ3) is 2.49. The maximum absolute atomic E-state index is 6.28. The average Bonchev–Trinajstić information content (AvgIpc) is 3.02. The summed E-state index contributed by atoms with van der Waals surface area (Å²) in [5.74, 6) is 2.50. The van der Waals surface area contributed by atoms with E-state index in [0.29, 0.717) is 12.0 Å². The van der Waals surface area contributed by atoms with Crippen molar-refractivity contribution in [2.24, 2.45) is 17.6 Å².